The van der Waals surface area contributed by atoms with Gasteiger partial charge in [0.05, 0.1) is 12.4 Å². The predicted molar refractivity (Wildman–Crippen MR) is 70.3 cm³/mol. The van der Waals surface area contributed by atoms with Crippen molar-refractivity contribution in [1.82, 2.24) is 10.3 Å². The Morgan fingerprint density at radius 2 is 2.47 bits per heavy atom. The molecule has 0 radical (unpaired) electrons. The van der Waals surface area contributed by atoms with Gasteiger partial charge in [-0.05, 0) is 25.5 Å². The van der Waals surface area contributed by atoms with Crippen LogP contribution in [0.2, 0.25) is 0 Å². The highest BCUT2D eigenvalue weighted by Crippen LogP contribution is 2.17. The first-order valence-corrected chi connectivity index (χ1v) is 6.65. The number of ether oxygens (including phenoxy) is 1. The lowest BCUT2D eigenvalue weighted by Gasteiger charge is -2.23. The van der Waals surface area contributed by atoms with Gasteiger partial charge in [0.25, 0.3) is 0 Å². The summed E-state index contributed by atoms with van der Waals surface area (Å²) in [4.78, 5) is 13.8. The molecule has 1 aliphatic heterocycles. The maximum Gasteiger partial charge on any atom is 0.301 e. The fourth-order valence-electron chi connectivity index (χ4n) is 2.35. The zero-order valence-electron chi connectivity index (χ0n) is 11.2. The van der Waals surface area contributed by atoms with Crippen LogP contribution in [0.1, 0.15) is 35.9 Å². The number of amides is 1. The number of nitrogens with one attached hydrogen (secondary N) is 1. The molecule has 1 aromatic heterocycles. The molecule has 1 unspecified atom stereocenters. The largest absolute Gasteiger partial charge is 0.459 e. The smallest absolute Gasteiger partial charge is 0.301 e. The molecule has 0 aromatic carbocycles. The number of carbonyl (C=O) groups excluding carboxylic acids is 1. The van der Waals surface area contributed by atoms with Gasteiger partial charge in [0.2, 0.25) is 0 Å². The van der Waals surface area contributed by atoms with E-state index in [2.05, 4.69) is 17.2 Å². The summed E-state index contributed by atoms with van der Waals surface area (Å²) in [5.74, 6) is 5.02. The number of nitrogens with zero attached hydrogens (tertiary/aromatic N) is 1. The monoisotopic (exact) mass is 267 g/mol. The van der Waals surface area contributed by atoms with E-state index in [4.69, 9.17) is 15.0 Å². The molecular formula is C13H21N3O3. The molecule has 6 nitrogen and oxygen atoms in total. The summed E-state index contributed by atoms with van der Waals surface area (Å²) in [5, 5.41) is 0. The summed E-state index contributed by atoms with van der Waals surface area (Å²) in [6, 6.07) is 1.81. The van der Waals surface area contributed by atoms with Crippen molar-refractivity contribution in [1.29, 1.82) is 0 Å². The Balaban J connectivity index is 1.97. The molecule has 106 valence electrons. The fourth-order valence-corrected chi connectivity index (χ4v) is 2.35. The van der Waals surface area contributed by atoms with Crippen LogP contribution >= 0.6 is 0 Å². The summed E-state index contributed by atoms with van der Waals surface area (Å²) in [5.41, 5.74) is 2.95. The van der Waals surface area contributed by atoms with Crippen molar-refractivity contribution >= 4 is 5.91 Å². The van der Waals surface area contributed by atoms with Crippen LogP contribution in [0.4, 0.5) is 0 Å². The molecule has 2 rings (SSSR count). The fraction of sp³-hybridized carbons (Fsp3) is 0.615. The predicted octanol–water partition coefficient (Wildman–Crippen LogP) is 0.884. The van der Waals surface area contributed by atoms with Crippen LogP contribution < -0.4 is 11.3 Å². The van der Waals surface area contributed by atoms with E-state index >= 15 is 0 Å². The lowest BCUT2D eigenvalue weighted by atomic mass is 10.2. The molecule has 0 bridgehead atoms. The topological polar surface area (TPSA) is 80.7 Å². The standard InChI is InChI=1S/C13H21N3O3/c1-2-16(9-11-4-3-6-18-11)8-10-5-7-19-12(10)13(17)15-14/h5,7,11H,2-4,6,8-9,14H2,1H3,(H,15,17). The minimum atomic E-state index is -0.395. The molecule has 0 saturated carbocycles. The van der Waals surface area contributed by atoms with Gasteiger partial charge in [-0.25, -0.2) is 5.84 Å². The van der Waals surface area contributed by atoms with Crippen molar-refractivity contribution in [2.24, 2.45) is 5.84 Å². The van der Waals surface area contributed by atoms with Gasteiger partial charge in [0.15, 0.2) is 5.76 Å². The Labute approximate surface area is 112 Å². The highest BCUT2D eigenvalue weighted by molar-refractivity contribution is 5.92. The van der Waals surface area contributed by atoms with Crippen molar-refractivity contribution < 1.29 is 13.9 Å². The van der Waals surface area contributed by atoms with Crippen molar-refractivity contribution in [3.8, 4) is 0 Å². The molecule has 6 heteroatoms. The SMILES string of the molecule is CCN(Cc1ccoc1C(=O)NN)CC1CCCO1. The highest BCUT2D eigenvalue weighted by Gasteiger charge is 2.21. The van der Waals surface area contributed by atoms with Gasteiger partial charge in [0.1, 0.15) is 0 Å². The van der Waals surface area contributed by atoms with E-state index in [1.165, 1.54) is 6.26 Å². The van der Waals surface area contributed by atoms with E-state index in [1.807, 2.05) is 6.07 Å². The number of nitrogen functional groups attached to an aromatic ring is 1. The second kappa shape index (κ2) is 6.70. The third kappa shape index (κ3) is 3.56. The van der Waals surface area contributed by atoms with Gasteiger partial charge in [0, 0.05) is 25.3 Å². The first-order valence-electron chi connectivity index (χ1n) is 6.65. The van der Waals surface area contributed by atoms with Crippen LogP contribution in [-0.4, -0.2) is 36.6 Å². The molecule has 19 heavy (non-hydrogen) atoms. The maximum absolute atomic E-state index is 11.5. The lowest BCUT2D eigenvalue weighted by molar-refractivity contribution is 0.0721. The summed E-state index contributed by atoms with van der Waals surface area (Å²) in [6.45, 7) is 5.39. The zero-order chi connectivity index (χ0) is 13.7. The third-order valence-corrected chi connectivity index (χ3v) is 3.41. The van der Waals surface area contributed by atoms with Gasteiger partial charge in [-0.2, -0.15) is 0 Å². The minimum Gasteiger partial charge on any atom is -0.459 e. The molecule has 1 aliphatic rings. The molecule has 1 aromatic rings. The first kappa shape index (κ1) is 14.0. The van der Waals surface area contributed by atoms with Crippen LogP contribution in [0.5, 0.6) is 0 Å². The second-order valence-corrected chi connectivity index (χ2v) is 4.71. The van der Waals surface area contributed by atoms with Crippen molar-refractivity contribution in [2.45, 2.75) is 32.4 Å². The quantitative estimate of drug-likeness (QED) is 0.454. The van der Waals surface area contributed by atoms with Crippen LogP contribution in [-0.2, 0) is 11.3 Å². The number of hydrogen-bond acceptors (Lipinski definition) is 5. The molecule has 2 heterocycles. The molecule has 1 fully saturated rings. The molecule has 1 amide bonds. The summed E-state index contributed by atoms with van der Waals surface area (Å²) < 4.78 is 10.8. The Hall–Kier alpha value is -1.37. The second-order valence-electron chi connectivity index (χ2n) is 4.71. The average molecular weight is 267 g/mol. The number of likely N-dealkylation sites (N-methyl/N-ethyl adjacent to an activating group) is 1. The van der Waals surface area contributed by atoms with Crippen LogP contribution in [0.25, 0.3) is 0 Å². The van der Waals surface area contributed by atoms with Crippen LogP contribution in [0, 0.1) is 0 Å². The van der Waals surface area contributed by atoms with E-state index in [-0.39, 0.29) is 5.76 Å². The number of furan rings is 1. The van der Waals surface area contributed by atoms with E-state index in [0.29, 0.717) is 12.6 Å². The van der Waals surface area contributed by atoms with E-state index in [9.17, 15) is 4.79 Å². The van der Waals surface area contributed by atoms with Gasteiger partial charge >= 0.3 is 5.91 Å². The Morgan fingerprint density at radius 1 is 1.63 bits per heavy atom. The first-order chi connectivity index (χ1) is 9.24. The Kier molecular flexibility index (Phi) is 4.95. The number of hydrogen-bond donors (Lipinski definition) is 2. The van der Waals surface area contributed by atoms with Gasteiger partial charge < -0.3 is 9.15 Å². The molecule has 1 saturated heterocycles. The van der Waals surface area contributed by atoms with E-state index < -0.39 is 5.91 Å². The van der Waals surface area contributed by atoms with Gasteiger partial charge in [-0.1, -0.05) is 6.92 Å². The van der Waals surface area contributed by atoms with Gasteiger partial charge in [-0.3, -0.25) is 15.1 Å². The molecule has 0 spiro atoms. The van der Waals surface area contributed by atoms with Crippen LogP contribution in [0.15, 0.2) is 16.7 Å². The number of rotatable bonds is 6. The van der Waals surface area contributed by atoms with Crippen molar-refractivity contribution in [3.05, 3.63) is 23.7 Å². The number of carbonyl (C=O) groups is 1. The summed E-state index contributed by atoms with van der Waals surface area (Å²) >= 11 is 0. The molecule has 3 N–H and O–H groups in total. The molecular weight excluding hydrogens is 246 g/mol. The number of hydrazine groups is 1. The highest BCUT2D eigenvalue weighted by atomic mass is 16.5. The van der Waals surface area contributed by atoms with E-state index in [0.717, 1.165) is 38.1 Å². The van der Waals surface area contributed by atoms with Crippen molar-refractivity contribution in [3.63, 3.8) is 0 Å². The van der Waals surface area contributed by atoms with E-state index in [1.54, 1.807) is 0 Å². The summed E-state index contributed by atoms with van der Waals surface area (Å²) in [7, 11) is 0. The third-order valence-electron chi connectivity index (χ3n) is 3.41. The maximum atomic E-state index is 11.5. The molecule has 1 atom stereocenters. The average Bonchev–Trinajstić information content (AvgIpc) is 3.08. The zero-order valence-corrected chi connectivity index (χ0v) is 11.2. The van der Waals surface area contributed by atoms with Gasteiger partial charge in [-0.15, -0.1) is 0 Å². The van der Waals surface area contributed by atoms with Crippen molar-refractivity contribution in [2.75, 3.05) is 19.7 Å². The molecule has 0 aliphatic carbocycles. The minimum absolute atomic E-state index is 0.285. The lowest BCUT2D eigenvalue weighted by Crippen LogP contribution is -2.33. The Morgan fingerprint density at radius 3 is 3.11 bits per heavy atom. The Bertz CT molecular complexity index is 413. The normalized spacial score (nSPS) is 19.0. The number of nitrogens with two attached hydrogens (primary N) is 1. The van der Waals surface area contributed by atoms with Crippen LogP contribution in [0.3, 0.4) is 0 Å². The summed E-state index contributed by atoms with van der Waals surface area (Å²) in [6.07, 6.45) is 4.06.